The molecule has 0 aromatic rings. The Balaban J connectivity index is 4.08. The molecule has 0 aliphatic carbocycles. The van der Waals surface area contributed by atoms with Crippen LogP contribution in [0.5, 0.6) is 0 Å². The fourth-order valence-corrected chi connectivity index (χ4v) is 5.29. The average molecular weight is 615 g/mol. The van der Waals surface area contributed by atoms with Crippen LogP contribution in [0.15, 0.2) is 48.6 Å². The van der Waals surface area contributed by atoms with Crippen molar-refractivity contribution in [1.82, 2.24) is 0 Å². The fraction of sp³-hybridized carbons (Fsp3) is 0.750. The van der Waals surface area contributed by atoms with Crippen LogP contribution in [0.3, 0.4) is 0 Å². The van der Waals surface area contributed by atoms with Crippen LogP contribution < -0.4 is 0 Å². The number of allylic oxidation sites excluding steroid dienone is 8. The molecule has 0 aromatic heterocycles. The number of esters is 1. The summed E-state index contributed by atoms with van der Waals surface area (Å²) in [5.74, 6) is -0.717. The monoisotopic (exact) mass is 615 g/mol. The summed E-state index contributed by atoms with van der Waals surface area (Å²) < 4.78 is 5.97. The van der Waals surface area contributed by atoms with Crippen LogP contribution in [-0.4, -0.2) is 23.1 Å². The number of hydrogen-bond acceptors (Lipinski definition) is 3. The van der Waals surface area contributed by atoms with Crippen molar-refractivity contribution in [1.29, 1.82) is 0 Å². The van der Waals surface area contributed by atoms with E-state index < -0.39 is 5.97 Å². The molecule has 4 heteroatoms. The molecular weight excluding hydrogens is 544 g/mol. The minimum Gasteiger partial charge on any atom is -0.481 e. The van der Waals surface area contributed by atoms with E-state index in [2.05, 4.69) is 62.5 Å². The summed E-state index contributed by atoms with van der Waals surface area (Å²) in [5.41, 5.74) is 0. The Morgan fingerprint density at radius 3 is 1.41 bits per heavy atom. The number of rotatable bonds is 33. The van der Waals surface area contributed by atoms with E-state index in [4.69, 9.17) is 9.84 Å². The molecule has 0 amide bonds. The molecule has 0 rings (SSSR count). The number of carboxylic acids is 1. The lowest BCUT2D eigenvalue weighted by molar-refractivity contribution is -0.150. The van der Waals surface area contributed by atoms with Crippen molar-refractivity contribution in [3.05, 3.63) is 48.6 Å². The first kappa shape index (κ1) is 41.9. The Hall–Kier alpha value is -2.10. The van der Waals surface area contributed by atoms with E-state index in [0.717, 1.165) is 77.0 Å². The van der Waals surface area contributed by atoms with Crippen LogP contribution in [0.25, 0.3) is 0 Å². The molecule has 0 fully saturated rings. The minimum absolute atomic E-state index is 0.0294. The maximum atomic E-state index is 12.6. The third-order valence-electron chi connectivity index (χ3n) is 8.05. The number of unbranched alkanes of at least 4 members (excludes halogenated alkanes) is 16. The highest BCUT2D eigenvalue weighted by Gasteiger charge is 2.14. The molecule has 0 spiro atoms. The van der Waals surface area contributed by atoms with Crippen molar-refractivity contribution in [2.45, 2.75) is 193 Å². The van der Waals surface area contributed by atoms with Crippen LogP contribution in [0.1, 0.15) is 187 Å². The molecule has 0 bridgehead atoms. The van der Waals surface area contributed by atoms with Gasteiger partial charge in [0.2, 0.25) is 0 Å². The third kappa shape index (κ3) is 34.4. The summed E-state index contributed by atoms with van der Waals surface area (Å²) >= 11 is 0. The smallest absolute Gasteiger partial charge is 0.306 e. The van der Waals surface area contributed by atoms with Crippen molar-refractivity contribution in [3.63, 3.8) is 0 Å². The maximum Gasteiger partial charge on any atom is 0.306 e. The van der Waals surface area contributed by atoms with E-state index in [9.17, 15) is 9.59 Å². The zero-order valence-electron chi connectivity index (χ0n) is 29.0. The normalized spacial score (nSPS) is 12.8. The molecule has 44 heavy (non-hydrogen) atoms. The van der Waals surface area contributed by atoms with Crippen molar-refractivity contribution in [2.24, 2.45) is 0 Å². The van der Waals surface area contributed by atoms with Gasteiger partial charge >= 0.3 is 11.9 Å². The second-order valence-electron chi connectivity index (χ2n) is 12.4. The quantitative estimate of drug-likeness (QED) is 0.0454. The van der Waals surface area contributed by atoms with E-state index >= 15 is 0 Å². The molecule has 0 aliphatic rings. The fourth-order valence-electron chi connectivity index (χ4n) is 5.29. The Bertz CT molecular complexity index is 748. The molecule has 0 aromatic carbocycles. The molecular formula is C40H70O4. The topological polar surface area (TPSA) is 63.6 Å². The Morgan fingerprint density at radius 1 is 0.500 bits per heavy atom. The summed E-state index contributed by atoms with van der Waals surface area (Å²) in [4.78, 5) is 23.2. The number of carbonyl (C=O) groups excluding carboxylic acids is 1. The van der Waals surface area contributed by atoms with Crippen molar-refractivity contribution >= 4 is 11.9 Å². The lowest BCUT2D eigenvalue weighted by Gasteiger charge is -2.18. The first-order chi connectivity index (χ1) is 21.6. The van der Waals surface area contributed by atoms with E-state index in [0.29, 0.717) is 12.8 Å². The Morgan fingerprint density at radius 2 is 0.909 bits per heavy atom. The van der Waals surface area contributed by atoms with Gasteiger partial charge in [-0.2, -0.15) is 0 Å². The molecule has 1 atom stereocenters. The molecule has 4 nitrogen and oxygen atoms in total. The van der Waals surface area contributed by atoms with Crippen molar-refractivity contribution < 1.29 is 19.4 Å². The lowest BCUT2D eigenvalue weighted by atomic mass is 10.0. The van der Waals surface area contributed by atoms with Crippen LogP contribution in [-0.2, 0) is 14.3 Å². The van der Waals surface area contributed by atoms with Gasteiger partial charge in [0.25, 0.3) is 0 Å². The molecule has 0 aliphatic heterocycles. The van der Waals surface area contributed by atoms with Crippen molar-refractivity contribution in [2.75, 3.05) is 0 Å². The third-order valence-corrected chi connectivity index (χ3v) is 8.05. The number of ether oxygens (including phenoxy) is 1. The average Bonchev–Trinajstić information content (AvgIpc) is 3.01. The summed E-state index contributed by atoms with van der Waals surface area (Å²) in [7, 11) is 0. The predicted octanol–water partition coefficient (Wildman–Crippen LogP) is 12.8. The molecule has 0 radical (unpaired) electrons. The van der Waals surface area contributed by atoms with Crippen LogP contribution in [0.2, 0.25) is 0 Å². The van der Waals surface area contributed by atoms with Gasteiger partial charge in [0.05, 0.1) is 0 Å². The van der Waals surface area contributed by atoms with Gasteiger partial charge < -0.3 is 9.84 Å². The van der Waals surface area contributed by atoms with E-state index in [1.54, 1.807) is 0 Å². The van der Waals surface area contributed by atoms with Crippen LogP contribution in [0.4, 0.5) is 0 Å². The van der Waals surface area contributed by atoms with Gasteiger partial charge in [0, 0.05) is 12.8 Å². The van der Waals surface area contributed by atoms with E-state index in [-0.39, 0.29) is 12.1 Å². The van der Waals surface area contributed by atoms with Gasteiger partial charge in [-0.15, -0.1) is 0 Å². The zero-order valence-corrected chi connectivity index (χ0v) is 29.0. The van der Waals surface area contributed by atoms with Gasteiger partial charge in [0.1, 0.15) is 6.10 Å². The first-order valence-electron chi connectivity index (χ1n) is 18.6. The molecule has 254 valence electrons. The second kappa shape index (κ2) is 35.4. The maximum absolute atomic E-state index is 12.6. The first-order valence-corrected chi connectivity index (χ1v) is 18.6. The molecule has 0 saturated carbocycles. The zero-order chi connectivity index (χ0) is 32.2. The van der Waals surface area contributed by atoms with Gasteiger partial charge in [-0.25, -0.2) is 0 Å². The summed E-state index contributed by atoms with van der Waals surface area (Å²) in [6.45, 7) is 4.49. The van der Waals surface area contributed by atoms with Crippen molar-refractivity contribution in [3.8, 4) is 0 Å². The molecule has 0 saturated heterocycles. The molecule has 0 heterocycles. The van der Waals surface area contributed by atoms with Gasteiger partial charge in [-0.1, -0.05) is 146 Å². The summed E-state index contributed by atoms with van der Waals surface area (Å²) in [5, 5.41) is 8.72. The molecule has 1 unspecified atom stereocenters. The second-order valence-corrected chi connectivity index (χ2v) is 12.4. The largest absolute Gasteiger partial charge is 0.481 e. The number of carbonyl (C=O) groups is 2. The van der Waals surface area contributed by atoms with E-state index in [1.807, 2.05) is 0 Å². The SMILES string of the molecule is CCCCC/C=C\C/C=C\C/C=C\C/C=C\CCCC(=O)OC(CCCCCCCC)CCCCCCCCCCC(=O)O. The predicted molar refractivity (Wildman–Crippen MR) is 190 cm³/mol. The summed E-state index contributed by atoms with van der Waals surface area (Å²) in [6, 6.07) is 0. The van der Waals surface area contributed by atoms with Gasteiger partial charge in [-0.3, -0.25) is 9.59 Å². The highest BCUT2D eigenvalue weighted by atomic mass is 16.5. The minimum atomic E-state index is -0.687. The van der Waals surface area contributed by atoms with Crippen LogP contribution in [0, 0.1) is 0 Å². The van der Waals surface area contributed by atoms with Gasteiger partial charge in [0.15, 0.2) is 0 Å². The number of carboxylic acid groups (broad SMARTS) is 1. The van der Waals surface area contributed by atoms with Gasteiger partial charge in [-0.05, 0) is 77.0 Å². The number of hydrogen-bond donors (Lipinski definition) is 1. The lowest BCUT2D eigenvalue weighted by Crippen LogP contribution is -2.18. The summed E-state index contributed by atoms with van der Waals surface area (Å²) in [6.07, 6.45) is 47.0. The Labute approximate surface area is 272 Å². The van der Waals surface area contributed by atoms with Crippen LogP contribution >= 0.6 is 0 Å². The molecule has 1 N–H and O–H groups in total. The van der Waals surface area contributed by atoms with E-state index in [1.165, 1.54) is 83.5 Å². The Kier molecular flexibility index (Phi) is 33.7. The highest BCUT2D eigenvalue weighted by Crippen LogP contribution is 2.18. The highest BCUT2D eigenvalue weighted by molar-refractivity contribution is 5.69. The number of aliphatic carboxylic acids is 1. The standard InChI is InChI=1S/C40H70O4/c1-3-5-7-9-11-12-13-14-15-16-17-18-19-20-25-29-33-37-40(43)44-38(34-30-26-10-8-6-4-2)35-31-27-23-21-22-24-28-32-36-39(41)42/h11-12,14-15,17-18,20,25,38H,3-10,13,16,19,21-24,26-37H2,1-2H3,(H,41,42)/b12-11-,15-14-,18-17-,25-20-.